The van der Waals surface area contributed by atoms with Crippen LogP contribution < -0.4 is 4.90 Å². The van der Waals surface area contributed by atoms with Crippen molar-refractivity contribution >= 4 is 34.9 Å². The number of carbonyl (C=O) groups excluding carboxylic acids is 3. The first-order chi connectivity index (χ1) is 9.04. The van der Waals surface area contributed by atoms with Gasteiger partial charge < -0.3 is 9.64 Å². The number of fused-ring (bicyclic) bond motifs is 1. The number of hydrogen-bond donors (Lipinski definition) is 0. The van der Waals surface area contributed by atoms with Crippen LogP contribution in [0.1, 0.15) is 23.7 Å². The zero-order chi connectivity index (χ0) is 14.0. The molecular formula is C13H12ClNO4. The van der Waals surface area contributed by atoms with Crippen LogP contribution in [0.25, 0.3) is 0 Å². The second-order valence-electron chi connectivity index (χ2n) is 4.00. The molecule has 0 radical (unpaired) electrons. The number of hydrogen-bond acceptors (Lipinski definition) is 4. The van der Waals surface area contributed by atoms with Crippen molar-refractivity contribution in [2.45, 2.75) is 13.3 Å². The topological polar surface area (TPSA) is 63.7 Å². The summed E-state index contributed by atoms with van der Waals surface area (Å²) in [6.45, 7) is 2.10. The van der Waals surface area contributed by atoms with Crippen LogP contribution in [0.3, 0.4) is 0 Å². The molecule has 1 aromatic rings. The smallest absolute Gasteiger partial charge is 0.307 e. The van der Waals surface area contributed by atoms with Gasteiger partial charge in [-0.25, -0.2) is 0 Å². The van der Waals surface area contributed by atoms with E-state index in [2.05, 4.69) is 0 Å². The number of anilines is 1. The summed E-state index contributed by atoms with van der Waals surface area (Å²) in [5.41, 5.74) is 0.769. The summed E-state index contributed by atoms with van der Waals surface area (Å²) in [5, 5.41) is 0.433. The number of amides is 1. The fourth-order valence-corrected chi connectivity index (χ4v) is 2.09. The van der Waals surface area contributed by atoms with E-state index in [1.165, 1.54) is 11.0 Å². The molecule has 0 fully saturated rings. The van der Waals surface area contributed by atoms with Gasteiger partial charge in [0.25, 0.3) is 11.7 Å². The highest BCUT2D eigenvalue weighted by Crippen LogP contribution is 2.31. The highest BCUT2D eigenvalue weighted by atomic mass is 35.5. The number of Topliss-reactive ketones (excluding diaryl/α,β-unsaturated/α-hetero) is 1. The molecule has 2 rings (SSSR count). The van der Waals surface area contributed by atoms with Crippen LogP contribution in [0.2, 0.25) is 5.02 Å². The SMILES string of the molecule is CCOC(=O)CCN1C(=O)C(=O)c2ccc(Cl)cc21. The van der Waals surface area contributed by atoms with E-state index in [0.717, 1.165) is 0 Å². The van der Waals surface area contributed by atoms with Crippen LogP contribution in [0.5, 0.6) is 0 Å². The maximum Gasteiger partial charge on any atom is 0.307 e. The van der Waals surface area contributed by atoms with Crippen LogP contribution in [-0.2, 0) is 14.3 Å². The number of halogens is 1. The van der Waals surface area contributed by atoms with Crippen molar-refractivity contribution in [3.8, 4) is 0 Å². The first-order valence-corrected chi connectivity index (χ1v) is 6.23. The summed E-state index contributed by atoms with van der Waals surface area (Å²) in [6.07, 6.45) is 0.0405. The Bertz CT molecular complexity index is 556. The molecule has 0 aliphatic carbocycles. The Kier molecular flexibility index (Phi) is 3.85. The van der Waals surface area contributed by atoms with Gasteiger partial charge in [-0.3, -0.25) is 14.4 Å². The van der Waals surface area contributed by atoms with E-state index in [-0.39, 0.29) is 19.6 Å². The van der Waals surface area contributed by atoms with Crippen LogP contribution in [0.15, 0.2) is 18.2 Å². The van der Waals surface area contributed by atoms with Crippen molar-refractivity contribution in [1.82, 2.24) is 0 Å². The lowest BCUT2D eigenvalue weighted by Crippen LogP contribution is -2.32. The van der Waals surface area contributed by atoms with Gasteiger partial charge >= 0.3 is 5.97 Å². The molecule has 0 spiro atoms. The Balaban J connectivity index is 2.18. The minimum absolute atomic E-state index is 0.0405. The summed E-state index contributed by atoms with van der Waals surface area (Å²) in [5.74, 6) is -1.62. The summed E-state index contributed by atoms with van der Waals surface area (Å²) >= 11 is 5.86. The van der Waals surface area contributed by atoms with E-state index in [1.54, 1.807) is 19.1 Å². The number of ketones is 1. The Morgan fingerprint density at radius 3 is 2.79 bits per heavy atom. The van der Waals surface area contributed by atoms with E-state index in [0.29, 0.717) is 16.3 Å². The van der Waals surface area contributed by atoms with Gasteiger partial charge in [0.15, 0.2) is 0 Å². The minimum atomic E-state index is -0.637. The maximum absolute atomic E-state index is 11.8. The lowest BCUT2D eigenvalue weighted by molar-refractivity contribution is -0.142. The second-order valence-corrected chi connectivity index (χ2v) is 4.44. The minimum Gasteiger partial charge on any atom is -0.466 e. The van der Waals surface area contributed by atoms with Gasteiger partial charge in [-0.05, 0) is 25.1 Å². The normalized spacial score (nSPS) is 13.7. The predicted molar refractivity (Wildman–Crippen MR) is 69.4 cm³/mol. The monoisotopic (exact) mass is 281 g/mol. The van der Waals surface area contributed by atoms with Gasteiger partial charge in [-0.1, -0.05) is 11.6 Å². The average molecular weight is 282 g/mol. The molecule has 1 aliphatic heterocycles. The number of carbonyl (C=O) groups is 3. The molecular weight excluding hydrogens is 270 g/mol. The molecule has 5 nitrogen and oxygen atoms in total. The van der Waals surface area contributed by atoms with Crippen LogP contribution in [0, 0.1) is 0 Å². The second kappa shape index (κ2) is 5.40. The average Bonchev–Trinajstić information content (AvgIpc) is 2.60. The molecule has 1 aliphatic rings. The fraction of sp³-hybridized carbons (Fsp3) is 0.308. The summed E-state index contributed by atoms with van der Waals surface area (Å²) in [7, 11) is 0. The molecule has 0 aromatic heterocycles. The Morgan fingerprint density at radius 1 is 1.37 bits per heavy atom. The zero-order valence-corrected chi connectivity index (χ0v) is 11.1. The maximum atomic E-state index is 11.8. The van der Waals surface area contributed by atoms with Gasteiger partial charge in [0.2, 0.25) is 0 Å². The fourth-order valence-electron chi connectivity index (χ4n) is 1.93. The van der Waals surface area contributed by atoms with Gasteiger partial charge in [-0.15, -0.1) is 0 Å². The number of esters is 1. The quantitative estimate of drug-likeness (QED) is 0.624. The highest BCUT2D eigenvalue weighted by Gasteiger charge is 2.35. The van der Waals surface area contributed by atoms with Crippen LogP contribution in [-0.4, -0.2) is 30.8 Å². The van der Waals surface area contributed by atoms with E-state index < -0.39 is 17.7 Å². The molecule has 19 heavy (non-hydrogen) atoms. The van der Waals surface area contributed by atoms with Gasteiger partial charge in [0.05, 0.1) is 24.3 Å². The van der Waals surface area contributed by atoms with Gasteiger partial charge in [0.1, 0.15) is 0 Å². The van der Waals surface area contributed by atoms with Crippen molar-refractivity contribution in [2.75, 3.05) is 18.1 Å². The van der Waals surface area contributed by atoms with E-state index in [1.807, 2.05) is 0 Å². The summed E-state index contributed by atoms with van der Waals surface area (Å²) in [6, 6.07) is 4.62. The van der Waals surface area contributed by atoms with E-state index in [9.17, 15) is 14.4 Å². The first-order valence-electron chi connectivity index (χ1n) is 5.86. The van der Waals surface area contributed by atoms with Gasteiger partial charge in [-0.2, -0.15) is 0 Å². The molecule has 0 saturated heterocycles. The van der Waals surface area contributed by atoms with Crippen LogP contribution >= 0.6 is 11.6 Å². The zero-order valence-electron chi connectivity index (χ0n) is 10.3. The van der Waals surface area contributed by atoms with Crippen molar-refractivity contribution in [3.63, 3.8) is 0 Å². The van der Waals surface area contributed by atoms with E-state index in [4.69, 9.17) is 16.3 Å². The standard InChI is InChI=1S/C13H12ClNO4/c1-2-19-11(16)5-6-15-10-7-8(14)3-4-9(10)12(17)13(15)18/h3-4,7H,2,5-6H2,1H3. The Morgan fingerprint density at radius 2 is 2.11 bits per heavy atom. The number of rotatable bonds is 4. The number of ether oxygens (including phenoxy) is 1. The molecule has 1 amide bonds. The molecule has 1 heterocycles. The third-order valence-electron chi connectivity index (χ3n) is 2.78. The molecule has 0 saturated carbocycles. The van der Waals surface area contributed by atoms with Crippen molar-refractivity contribution in [2.24, 2.45) is 0 Å². The van der Waals surface area contributed by atoms with Crippen LogP contribution in [0.4, 0.5) is 5.69 Å². The lowest BCUT2D eigenvalue weighted by Gasteiger charge is -2.15. The predicted octanol–water partition coefficient (Wildman–Crippen LogP) is 1.82. The summed E-state index contributed by atoms with van der Waals surface area (Å²) < 4.78 is 4.79. The lowest BCUT2D eigenvalue weighted by atomic mass is 10.1. The molecule has 6 heteroatoms. The summed E-state index contributed by atoms with van der Waals surface area (Å²) in [4.78, 5) is 36.1. The third kappa shape index (κ3) is 2.61. The largest absolute Gasteiger partial charge is 0.466 e. The Labute approximate surface area is 115 Å². The van der Waals surface area contributed by atoms with Crippen molar-refractivity contribution < 1.29 is 19.1 Å². The Hall–Kier alpha value is -1.88. The molecule has 0 bridgehead atoms. The van der Waals surface area contributed by atoms with Gasteiger partial charge in [0, 0.05) is 11.6 Å². The number of benzene rings is 1. The third-order valence-corrected chi connectivity index (χ3v) is 3.01. The first kappa shape index (κ1) is 13.5. The highest BCUT2D eigenvalue weighted by molar-refractivity contribution is 6.52. The molecule has 1 aromatic carbocycles. The molecule has 0 atom stereocenters. The van der Waals surface area contributed by atoms with Crippen molar-refractivity contribution in [1.29, 1.82) is 0 Å². The molecule has 0 N–H and O–H groups in total. The number of nitrogens with zero attached hydrogens (tertiary/aromatic N) is 1. The molecule has 0 unspecified atom stereocenters. The van der Waals surface area contributed by atoms with E-state index >= 15 is 0 Å². The van der Waals surface area contributed by atoms with Crippen molar-refractivity contribution in [3.05, 3.63) is 28.8 Å². The molecule has 100 valence electrons.